The van der Waals surface area contributed by atoms with E-state index in [2.05, 4.69) is 10.0 Å². The summed E-state index contributed by atoms with van der Waals surface area (Å²) in [6.45, 7) is 2.67. The number of hydrogen-bond acceptors (Lipinski definition) is 11. The maximum absolute atomic E-state index is 12.2. The summed E-state index contributed by atoms with van der Waals surface area (Å²) in [7, 11) is 0. The number of imide groups is 1. The number of azide groups is 1. The molecule has 2 aliphatic heterocycles. The molecule has 0 aromatic carbocycles. The van der Waals surface area contributed by atoms with Gasteiger partial charge < -0.3 is 24.1 Å². The molecule has 1 unspecified atom stereocenters. The smallest absolute Gasteiger partial charge is 0.303 e. The van der Waals surface area contributed by atoms with Gasteiger partial charge in [0.1, 0.15) is 24.9 Å². The first-order chi connectivity index (χ1) is 14.0. The van der Waals surface area contributed by atoms with Crippen molar-refractivity contribution in [2.45, 2.75) is 63.3 Å². The lowest BCUT2D eigenvalue weighted by atomic mass is 9.82. The molecule has 2 heterocycles. The Morgan fingerprint density at radius 3 is 2.27 bits per heavy atom. The van der Waals surface area contributed by atoms with Gasteiger partial charge in [-0.05, 0) is 5.53 Å². The Morgan fingerprint density at radius 2 is 1.80 bits per heavy atom. The summed E-state index contributed by atoms with van der Waals surface area (Å²) in [4.78, 5) is 61.0. The van der Waals surface area contributed by atoms with Crippen molar-refractivity contribution < 1.29 is 48.0 Å². The molecule has 0 aliphatic carbocycles. The summed E-state index contributed by atoms with van der Waals surface area (Å²) in [5.74, 6) is -4.33. The van der Waals surface area contributed by atoms with Crippen molar-refractivity contribution in [3.8, 4) is 0 Å². The second-order valence-corrected chi connectivity index (χ2v) is 6.72. The molecule has 0 aromatic rings. The van der Waals surface area contributed by atoms with E-state index in [4.69, 9.17) is 24.5 Å². The number of carbonyl (C=O) groups excluding carboxylic acids is 5. The molecule has 0 spiro atoms. The minimum Gasteiger partial charge on any atom is -0.463 e. The third-order valence-electron chi connectivity index (χ3n) is 4.45. The SMILES string of the molecule is CC(=O)OC[C@H]1O[C@H](C2(O)CC(=O)NC2=O)[C@H](N=[N+]=[N-])[C@@H](OC(C)=O)[C@H]1OC(C)=O. The van der Waals surface area contributed by atoms with Gasteiger partial charge in [-0.2, -0.15) is 0 Å². The van der Waals surface area contributed by atoms with E-state index >= 15 is 0 Å². The van der Waals surface area contributed by atoms with Gasteiger partial charge in [-0.15, -0.1) is 0 Å². The van der Waals surface area contributed by atoms with Crippen molar-refractivity contribution in [2.24, 2.45) is 5.11 Å². The molecule has 14 nitrogen and oxygen atoms in total. The van der Waals surface area contributed by atoms with E-state index in [0.717, 1.165) is 20.8 Å². The van der Waals surface area contributed by atoms with Crippen LogP contribution < -0.4 is 5.32 Å². The average Bonchev–Trinajstić information content (AvgIpc) is 2.88. The fourth-order valence-corrected chi connectivity index (χ4v) is 3.34. The van der Waals surface area contributed by atoms with Crippen molar-refractivity contribution in [3.63, 3.8) is 0 Å². The van der Waals surface area contributed by atoms with Gasteiger partial charge in [0.2, 0.25) is 5.91 Å². The predicted octanol–water partition coefficient (Wildman–Crippen LogP) is -1.36. The highest BCUT2D eigenvalue weighted by Crippen LogP contribution is 2.37. The Balaban J connectivity index is 2.55. The third-order valence-corrected chi connectivity index (χ3v) is 4.45. The number of rotatable bonds is 6. The quantitative estimate of drug-likeness (QED) is 0.127. The highest BCUT2D eigenvalue weighted by atomic mass is 16.6. The zero-order valence-corrected chi connectivity index (χ0v) is 16.3. The van der Waals surface area contributed by atoms with Crippen molar-refractivity contribution in [3.05, 3.63) is 10.4 Å². The number of hydrogen-bond donors (Lipinski definition) is 2. The lowest BCUT2D eigenvalue weighted by molar-refractivity contribution is -0.244. The van der Waals surface area contributed by atoms with Gasteiger partial charge in [-0.25, -0.2) is 0 Å². The number of ether oxygens (including phenoxy) is 4. The summed E-state index contributed by atoms with van der Waals surface area (Å²) in [6.07, 6.45) is -6.68. The number of carbonyl (C=O) groups is 5. The largest absolute Gasteiger partial charge is 0.463 e. The van der Waals surface area contributed by atoms with Crippen LogP contribution >= 0.6 is 0 Å². The van der Waals surface area contributed by atoms with Crippen LogP contribution in [0.5, 0.6) is 0 Å². The molecule has 2 saturated heterocycles. The summed E-state index contributed by atoms with van der Waals surface area (Å²) < 4.78 is 20.9. The van der Waals surface area contributed by atoms with Crippen LogP contribution in [0.2, 0.25) is 0 Å². The molecule has 2 N–H and O–H groups in total. The predicted molar refractivity (Wildman–Crippen MR) is 92.1 cm³/mol. The van der Waals surface area contributed by atoms with Crippen molar-refractivity contribution in [1.82, 2.24) is 5.32 Å². The number of amides is 2. The van der Waals surface area contributed by atoms with Gasteiger partial charge in [-0.3, -0.25) is 29.3 Å². The molecule has 0 saturated carbocycles. The highest BCUT2D eigenvalue weighted by molar-refractivity contribution is 6.08. The second-order valence-electron chi connectivity index (χ2n) is 6.72. The summed E-state index contributed by atoms with van der Waals surface area (Å²) >= 11 is 0. The highest BCUT2D eigenvalue weighted by Gasteiger charge is 2.61. The Morgan fingerprint density at radius 1 is 1.20 bits per heavy atom. The molecule has 2 rings (SSSR count). The summed E-state index contributed by atoms with van der Waals surface area (Å²) in [5, 5.41) is 16.2. The van der Waals surface area contributed by atoms with Crippen LogP contribution in [0.1, 0.15) is 27.2 Å². The molecule has 14 heteroatoms. The number of nitrogens with one attached hydrogen (secondary N) is 1. The van der Waals surface area contributed by atoms with E-state index in [-0.39, 0.29) is 0 Å². The molecule has 30 heavy (non-hydrogen) atoms. The van der Waals surface area contributed by atoms with E-state index < -0.39 is 78.8 Å². The number of aliphatic hydroxyl groups is 1. The Hall–Kier alpha value is -3.22. The van der Waals surface area contributed by atoms with Gasteiger partial charge in [0.05, 0.1) is 6.42 Å². The second kappa shape index (κ2) is 9.07. The van der Waals surface area contributed by atoms with E-state index in [1.54, 1.807) is 0 Å². The maximum atomic E-state index is 12.2. The lowest BCUT2D eigenvalue weighted by Crippen LogP contribution is -2.67. The van der Waals surface area contributed by atoms with E-state index in [9.17, 15) is 29.1 Å². The van der Waals surface area contributed by atoms with Crippen LogP contribution in [0.25, 0.3) is 10.4 Å². The van der Waals surface area contributed by atoms with Gasteiger partial charge in [-0.1, -0.05) is 5.11 Å². The molecule has 0 aromatic heterocycles. The van der Waals surface area contributed by atoms with Crippen molar-refractivity contribution >= 4 is 29.7 Å². The van der Waals surface area contributed by atoms with E-state index in [1.165, 1.54) is 0 Å². The number of nitrogens with zero attached hydrogens (tertiary/aromatic N) is 3. The minimum absolute atomic E-state index is 0.518. The Bertz CT molecular complexity index is 810. The molecule has 0 radical (unpaired) electrons. The Kier molecular flexibility index (Phi) is 6.97. The van der Waals surface area contributed by atoms with E-state index in [1.807, 2.05) is 5.32 Å². The zero-order chi connectivity index (χ0) is 22.6. The molecule has 2 amide bonds. The monoisotopic (exact) mass is 428 g/mol. The minimum atomic E-state index is -2.48. The average molecular weight is 428 g/mol. The molecule has 2 aliphatic rings. The molecule has 2 fully saturated rings. The lowest BCUT2D eigenvalue weighted by Gasteiger charge is -2.46. The van der Waals surface area contributed by atoms with Crippen LogP contribution in [0, 0.1) is 0 Å². The molecular weight excluding hydrogens is 408 g/mol. The van der Waals surface area contributed by atoms with Crippen LogP contribution in [-0.2, 0) is 42.9 Å². The van der Waals surface area contributed by atoms with Gasteiger partial charge in [0, 0.05) is 25.7 Å². The van der Waals surface area contributed by atoms with Crippen LogP contribution in [0.15, 0.2) is 5.11 Å². The van der Waals surface area contributed by atoms with Gasteiger partial charge >= 0.3 is 17.9 Å². The van der Waals surface area contributed by atoms with Crippen LogP contribution in [0.4, 0.5) is 0 Å². The summed E-state index contributed by atoms with van der Waals surface area (Å²) in [5.41, 5.74) is 6.50. The fraction of sp³-hybridized carbons (Fsp3) is 0.688. The van der Waals surface area contributed by atoms with Crippen LogP contribution in [0.3, 0.4) is 0 Å². The molecule has 164 valence electrons. The van der Waals surface area contributed by atoms with Crippen molar-refractivity contribution in [1.29, 1.82) is 0 Å². The first kappa shape index (κ1) is 23.1. The first-order valence-corrected chi connectivity index (χ1v) is 8.73. The Labute approximate surface area is 169 Å². The third kappa shape index (κ3) is 4.84. The van der Waals surface area contributed by atoms with Crippen molar-refractivity contribution in [2.75, 3.05) is 6.61 Å². The van der Waals surface area contributed by atoms with Gasteiger partial charge in [0.25, 0.3) is 5.91 Å². The standard InChI is InChI=1S/C16H20N4O10/c1-6(21)27-5-9-12(28-7(2)22)13(29-8(3)23)11(19-20-17)14(30-9)16(26)4-10(24)18-15(16)25/h9,11-14,26H,4-5H2,1-3H3,(H,18,24,25)/t9-,11-,12+,13-,14+,16?/m1/s1. The number of esters is 3. The van der Waals surface area contributed by atoms with E-state index in [0.29, 0.717) is 0 Å². The maximum Gasteiger partial charge on any atom is 0.303 e. The zero-order valence-electron chi connectivity index (χ0n) is 16.3. The molecule has 0 bridgehead atoms. The topological polar surface area (TPSA) is 203 Å². The normalized spacial score (nSPS) is 33.1. The molecule has 6 atom stereocenters. The fourth-order valence-electron chi connectivity index (χ4n) is 3.34. The van der Waals surface area contributed by atoms with Crippen LogP contribution in [-0.4, -0.2) is 77.5 Å². The molecular formula is C16H20N4O10. The van der Waals surface area contributed by atoms with Gasteiger partial charge in [0.15, 0.2) is 17.8 Å². The first-order valence-electron chi connectivity index (χ1n) is 8.73. The summed E-state index contributed by atoms with van der Waals surface area (Å²) in [6, 6.07) is -1.57.